The molecule has 2 aliphatic heterocycles. The first-order valence-electron chi connectivity index (χ1n) is 7.87. The fraction of sp³-hybridized carbons (Fsp3) is 0.500. The minimum Gasteiger partial charge on any atom is -0.469 e. The van der Waals surface area contributed by atoms with Gasteiger partial charge in [0.1, 0.15) is 11.7 Å². The van der Waals surface area contributed by atoms with Gasteiger partial charge in [0.05, 0.1) is 12.2 Å². The highest BCUT2D eigenvalue weighted by molar-refractivity contribution is 6.10. The van der Waals surface area contributed by atoms with E-state index in [9.17, 15) is 14.4 Å². The van der Waals surface area contributed by atoms with Crippen LogP contribution in [-0.4, -0.2) is 23.1 Å². The van der Waals surface area contributed by atoms with Crippen LogP contribution in [0.5, 0.6) is 0 Å². The van der Waals surface area contributed by atoms with Gasteiger partial charge in [0.15, 0.2) is 17.2 Å². The first-order valence-corrected chi connectivity index (χ1v) is 7.87. The van der Waals surface area contributed by atoms with Crippen molar-refractivity contribution in [3.63, 3.8) is 0 Å². The van der Waals surface area contributed by atoms with Gasteiger partial charge in [-0.15, -0.1) is 0 Å². The summed E-state index contributed by atoms with van der Waals surface area (Å²) in [6, 6.07) is 0. The third kappa shape index (κ3) is 2.18. The number of carbonyl (C=O) groups is 3. The zero-order valence-corrected chi connectivity index (χ0v) is 13.7. The molecular weight excluding hydrogens is 296 g/mol. The number of carbonyl (C=O) groups excluding carboxylic acids is 3. The summed E-state index contributed by atoms with van der Waals surface area (Å²) in [5.74, 6) is -2.26. The van der Waals surface area contributed by atoms with E-state index in [1.807, 2.05) is 6.92 Å². The summed E-state index contributed by atoms with van der Waals surface area (Å²) in [6.45, 7) is 7.06. The normalized spacial score (nSPS) is 33.5. The highest BCUT2D eigenvalue weighted by atomic mass is 16.6. The van der Waals surface area contributed by atoms with E-state index in [1.165, 1.54) is 12.3 Å². The molecule has 0 bridgehead atoms. The van der Waals surface area contributed by atoms with Gasteiger partial charge >= 0.3 is 5.97 Å². The SMILES string of the molecule is CCC(C)C(=O)[C@H]1C(=O)O[C@@]2(C)C(=O)C=C3C=C(C)OC=C3[C@H]12. The van der Waals surface area contributed by atoms with Gasteiger partial charge in [0, 0.05) is 11.5 Å². The third-order valence-corrected chi connectivity index (χ3v) is 5.07. The molecular formula is C18H20O5. The van der Waals surface area contributed by atoms with Gasteiger partial charge in [0.2, 0.25) is 0 Å². The number of rotatable bonds is 3. The van der Waals surface area contributed by atoms with Crippen LogP contribution in [0.2, 0.25) is 0 Å². The zero-order valence-electron chi connectivity index (χ0n) is 13.7. The quantitative estimate of drug-likeness (QED) is 0.591. The molecule has 1 saturated heterocycles. The van der Waals surface area contributed by atoms with Crippen molar-refractivity contribution in [1.29, 1.82) is 0 Å². The van der Waals surface area contributed by atoms with Crippen molar-refractivity contribution >= 4 is 17.5 Å². The summed E-state index contributed by atoms with van der Waals surface area (Å²) < 4.78 is 10.9. The standard InChI is InChI=1S/C18H20O5/c1-5-9(2)16(20)14-15-12-8-22-10(3)6-11(12)7-13(19)18(15,4)23-17(14)21/h6-9,14-15H,5H2,1-4H3/t9?,14-,15+,18-/m0/s1. The predicted molar refractivity (Wildman–Crippen MR) is 82.0 cm³/mol. The van der Waals surface area contributed by atoms with Crippen molar-refractivity contribution in [3.05, 3.63) is 35.3 Å². The smallest absolute Gasteiger partial charge is 0.318 e. The van der Waals surface area contributed by atoms with Gasteiger partial charge in [-0.1, -0.05) is 13.8 Å². The van der Waals surface area contributed by atoms with Crippen LogP contribution in [0.15, 0.2) is 35.3 Å². The second kappa shape index (κ2) is 5.18. The van der Waals surface area contributed by atoms with Crippen LogP contribution in [0.25, 0.3) is 0 Å². The third-order valence-electron chi connectivity index (χ3n) is 5.07. The van der Waals surface area contributed by atoms with Crippen LogP contribution in [0.4, 0.5) is 0 Å². The minimum absolute atomic E-state index is 0.174. The van der Waals surface area contributed by atoms with Gasteiger partial charge in [-0.05, 0) is 38.0 Å². The van der Waals surface area contributed by atoms with Crippen LogP contribution in [-0.2, 0) is 23.9 Å². The molecule has 0 N–H and O–H groups in total. The maximum absolute atomic E-state index is 12.7. The lowest BCUT2D eigenvalue weighted by Crippen LogP contribution is -2.47. The maximum atomic E-state index is 12.7. The topological polar surface area (TPSA) is 69.7 Å². The lowest BCUT2D eigenvalue weighted by molar-refractivity contribution is -0.156. The number of fused-ring (bicyclic) bond motifs is 3. The average molecular weight is 316 g/mol. The second-order valence-corrected chi connectivity index (χ2v) is 6.61. The molecule has 4 atom stereocenters. The molecule has 1 unspecified atom stereocenters. The predicted octanol–water partition coefficient (Wildman–Crippen LogP) is 2.48. The number of ketones is 2. The summed E-state index contributed by atoms with van der Waals surface area (Å²) >= 11 is 0. The monoisotopic (exact) mass is 316 g/mol. The lowest BCUT2D eigenvalue weighted by atomic mass is 9.66. The van der Waals surface area contributed by atoms with E-state index in [0.29, 0.717) is 23.3 Å². The number of allylic oxidation sites excluding steroid dienone is 3. The Kier molecular flexibility index (Phi) is 3.54. The molecule has 3 aliphatic rings. The number of ether oxygens (including phenoxy) is 2. The van der Waals surface area contributed by atoms with E-state index in [0.717, 1.165) is 0 Å². The molecule has 122 valence electrons. The summed E-state index contributed by atoms with van der Waals surface area (Å²) in [5.41, 5.74) is 0.0505. The number of hydrogen-bond donors (Lipinski definition) is 0. The minimum atomic E-state index is -1.33. The molecule has 0 amide bonds. The van der Waals surface area contributed by atoms with Crippen LogP contribution >= 0.6 is 0 Å². The largest absolute Gasteiger partial charge is 0.469 e. The van der Waals surface area contributed by atoms with Crippen LogP contribution < -0.4 is 0 Å². The molecule has 0 radical (unpaired) electrons. The summed E-state index contributed by atoms with van der Waals surface area (Å²) in [7, 11) is 0. The zero-order chi connectivity index (χ0) is 16.9. The highest BCUT2D eigenvalue weighted by Gasteiger charge is 2.62. The van der Waals surface area contributed by atoms with Gasteiger partial charge < -0.3 is 9.47 Å². The molecule has 0 saturated carbocycles. The van der Waals surface area contributed by atoms with Crippen LogP contribution in [0.3, 0.4) is 0 Å². The van der Waals surface area contributed by atoms with Crippen molar-refractivity contribution in [3.8, 4) is 0 Å². The fourth-order valence-electron chi connectivity index (χ4n) is 3.48. The van der Waals surface area contributed by atoms with Gasteiger partial charge in [-0.3, -0.25) is 14.4 Å². The Morgan fingerprint density at radius 3 is 2.70 bits per heavy atom. The average Bonchev–Trinajstić information content (AvgIpc) is 2.78. The van der Waals surface area contributed by atoms with Crippen molar-refractivity contribution in [1.82, 2.24) is 0 Å². The van der Waals surface area contributed by atoms with Crippen molar-refractivity contribution in [2.75, 3.05) is 0 Å². The molecule has 0 aromatic carbocycles. The van der Waals surface area contributed by atoms with Crippen LogP contribution in [0, 0.1) is 17.8 Å². The lowest BCUT2D eigenvalue weighted by Gasteiger charge is -2.35. The molecule has 3 rings (SSSR count). The molecule has 5 nitrogen and oxygen atoms in total. The Hall–Kier alpha value is -2.17. The number of esters is 1. The molecule has 0 aromatic heterocycles. The maximum Gasteiger partial charge on any atom is 0.318 e. The van der Waals surface area contributed by atoms with Gasteiger partial charge in [-0.2, -0.15) is 0 Å². The molecule has 1 fully saturated rings. The summed E-state index contributed by atoms with van der Waals surface area (Å²) in [4.78, 5) is 37.7. The molecule has 2 heterocycles. The van der Waals surface area contributed by atoms with Crippen LogP contribution in [0.1, 0.15) is 34.1 Å². The number of Topliss-reactive ketones (excluding diaryl/α,β-unsaturated/α-hetero) is 1. The first-order chi connectivity index (χ1) is 10.8. The van der Waals surface area contributed by atoms with Gasteiger partial charge in [0.25, 0.3) is 0 Å². The molecule has 5 heteroatoms. The van der Waals surface area contributed by atoms with E-state index >= 15 is 0 Å². The Labute approximate surface area is 135 Å². The highest BCUT2D eigenvalue weighted by Crippen LogP contribution is 2.50. The van der Waals surface area contributed by atoms with Gasteiger partial charge in [-0.25, -0.2) is 0 Å². The van der Waals surface area contributed by atoms with E-state index < -0.39 is 23.4 Å². The Balaban J connectivity index is 2.10. The summed E-state index contributed by atoms with van der Waals surface area (Å²) in [6.07, 6.45) is 5.39. The molecule has 0 aromatic rings. The Bertz CT molecular complexity index is 696. The van der Waals surface area contributed by atoms with Crippen molar-refractivity contribution in [2.45, 2.75) is 39.7 Å². The fourth-order valence-corrected chi connectivity index (χ4v) is 3.48. The number of hydrogen-bond acceptors (Lipinski definition) is 5. The molecule has 0 spiro atoms. The van der Waals surface area contributed by atoms with E-state index in [2.05, 4.69) is 0 Å². The molecule has 1 aliphatic carbocycles. The van der Waals surface area contributed by atoms with E-state index in [-0.39, 0.29) is 17.5 Å². The van der Waals surface area contributed by atoms with E-state index in [1.54, 1.807) is 26.8 Å². The Morgan fingerprint density at radius 2 is 2.04 bits per heavy atom. The summed E-state index contributed by atoms with van der Waals surface area (Å²) in [5, 5.41) is 0. The van der Waals surface area contributed by atoms with Crippen molar-refractivity contribution in [2.24, 2.45) is 17.8 Å². The Morgan fingerprint density at radius 1 is 1.35 bits per heavy atom. The molecule has 23 heavy (non-hydrogen) atoms. The van der Waals surface area contributed by atoms with E-state index in [4.69, 9.17) is 9.47 Å². The first kappa shape index (κ1) is 15.7. The second-order valence-electron chi connectivity index (χ2n) is 6.61. The van der Waals surface area contributed by atoms with Crippen molar-refractivity contribution < 1.29 is 23.9 Å².